The van der Waals surface area contributed by atoms with Crippen molar-refractivity contribution in [3.8, 4) is 0 Å². The fraction of sp³-hybridized carbons (Fsp3) is 0.222. The van der Waals surface area contributed by atoms with Crippen molar-refractivity contribution in [2.45, 2.75) is 24.3 Å². The number of fused-ring (bicyclic) bond motifs is 1. The minimum absolute atomic E-state index is 0.0219. The number of amides is 2. The summed E-state index contributed by atoms with van der Waals surface area (Å²) in [6.07, 6.45) is 0.284. The van der Waals surface area contributed by atoms with Crippen molar-refractivity contribution in [1.29, 1.82) is 0 Å². The molecular weight excluding hydrogens is 344 g/mol. The van der Waals surface area contributed by atoms with Crippen molar-refractivity contribution >= 4 is 46.6 Å². The minimum atomic E-state index is -0.188. The highest BCUT2D eigenvalue weighted by atomic mass is 35.5. The van der Waals surface area contributed by atoms with Crippen LogP contribution in [-0.4, -0.2) is 23.6 Å². The predicted molar refractivity (Wildman–Crippen MR) is 98.8 cm³/mol. The Morgan fingerprint density at radius 1 is 1.25 bits per heavy atom. The number of thioether (sulfide) groups is 1. The lowest BCUT2D eigenvalue weighted by Gasteiger charge is -2.27. The number of hydrogen-bond acceptors (Lipinski definition) is 3. The quantitative estimate of drug-likeness (QED) is 0.835. The number of carbonyl (C=O) groups excluding carboxylic acids is 2. The summed E-state index contributed by atoms with van der Waals surface area (Å²) in [4.78, 5) is 27.5. The molecule has 1 aliphatic heterocycles. The second-order valence-corrected chi connectivity index (χ2v) is 7.11. The van der Waals surface area contributed by atoms with Crippen LogP contribution >= 0.6 is 23.4 Å². The monoisotopic (exact) mass is 360 g/mol. The maximum atomic E-state index is 12.8. The van der Waals surface area contributed by atoms with Crippen molar-refractivity contribution in [2.75, 3.05) is 16.0 Å². The summed E-state index contributed by atoms with van der Waals surface area (Å²) in [7, 11) is 0. The van der Waals surface area contributed by atoms with Gasteiger partial charge in [0.2, 0.25) is 11.8 Å². The number of nitrogens with one attached hydrogen (secondary N) is 1. The third-order valence-corrected chi connectivity index (χ3v) is 5.05. The molecule has 2 amide bonds. The van der Waals surface area contributed by atoms with Crippen LogP contribution in [0.3, 0.4) is 0 Å². The maximum absolute atomic E-state index is 12.8. The first kappa shape index (κ1) is 16.9. The topological polar surface area (TPSA) is 49.4 Å². The molecule has 0 saturated carbocycles. The summed E-state index contributed by atoms with van der Waals surface area (Å²) >= 11 is 7.34. The van der Waals surface area contributed by atoms with Gasteiger partial charge in [0.25, 0.3) is 0 Å². The largest absolute Gasteiger partial charge is 0.324 e. The van der Waals surface area contributed by atoms with E-state index in [2.05, 4.69) is 5.32 Å². The van der Waals surface area contributed by atoms with Gasteiger partial charge in [-0.1, -0.05) is 23.7 Å². The van der Waals surface area contributed by atoms with Gasteiger partial charge in [0.15, 0.2) is 0 Å². The van der Waals surface area contributed by atoms with Gasteiger partial charge >= 0.3 is 0 Å². The van der Waals surface area contributed by atoms with E-state index in [1.165, 1.54) is 11.8 Å². The molecule has 6 heteroatoms. The fourth-order valence-electron chi connectivity index (χ4n) is 2.71. The molecule has 124 valence electrons. The van der Waals surface area contributed by atoms with Crippen molar-refractivity contribution in [3.63, 3.8) is 0 Å². The summed E-state index contributed by atoms with van der Waals surface area (Å²) < 4.78 is 0. The second kappa shape index (κ2) is 7.28. The van der Waals surface area contributed by atoms with Gasteiger partial charge in [0, 0.05) is 22.4 Å². The van der Waals surface area contributed by atoms with Gasteiger partial charge in [-0.05, 0) is 43.3 Å². The van der Waals surface area contributed by atoms with Gasteiger partial charge in [-0.2, -0.15) is 0 Å². The first-order valence-electron chi connectivity index (χ1n) is 7.64. The van der Waals surface area contributed by atoms with E-state index >= 15 is 0 Å². The van der Waals surface area contributed by atoms with Crippen LogP contribution in [-0.2, 0) is 9.59 Å². The van der Waals surface area contributed by atoms with E-state index in [1.807, 2.05) is 43.3 Å². The predicted octanol–water partition coefficient (Wildman–Crippen LogP) is 4.20. The van der Waals surface area contributed by atoms with Crippen molar-refractivity contribution in [3.05, 3.63) is 53.6 Å². The number of nitrogens with zero attached hydrogens (tertiary/aromatic N) is 1. The van der Waals surface area contributed by atoms with Crippen LogP contribution in [0.4, 0.5) is 11.4 Å². The molecule has 0 radical (unpaired) electrons. The lowest BCUT2D eigenvalue weighted by atomic mass is 10.2. The van der Waals surface area contributed by atoms with Crippen LogP contribution in [0.5, 0.6) is 0 Å². The number of benzene rings is 2. The molecule has 1 heterocycles. The normalized spacial score (nSPS) is 17.0. The molecule has 3 rings (SSSR count). The first-order chi connectivity index (χ1) is 11.5. The lowest BCUT2D eigenvalue weighted by Crippen LogP contribution is -2.40. The molecule has 0 fully saturated rings. The number of para-hydroxylation sites is 2. The molecule has 0 bridgehead atoms. The molecule has 1 atom stereocenters. The Bertz CT molecular complexity index is 764. The zero-order chi connectivity index (χ0) is 17.1. The fourth-order valence-corrected chi connectivity index (χ4v) is 3.60. The summed E-state index contributed by atoms with van der Waals surface area (Å²) in [6.45, 7) is 1.90. The Hall–Kier alpha value is -1.98. The Kier molecular flexibility index (Phi) is 5.11. The number of carbonyl (C=O) groups is 2. The van der Waals surface area contributed by atoms with E-state index in [0.717, 1.165) is 10.6 Å². The Balaban J connectivity index is 1.79. The average molecular weight is 361 g/mol. The first-order valence-corrected chi connectivity index (χ1v) is 9.00. The highest BCUT2D eigenvalue weighted by molar-refractivity contribution is 8.00. The molecule has 4 nitrogen and oxygen atoms in total. The summed E-state index contributed by atoms with van der Waals surface area (Å²) in [5.74, 6) is 0.205. The number of rotatable bonds is 3. The van der Waals surface area contributed by atoms with Gasteiger partial charge in [-0.25, -0.2) is 0 Å². The molecule has 24 heavy (non-hydrogen) atoms. The molecule has 0 aromatic heterocycles. The lowest BCUT2D eigenvalue weighted by molar-refractivity contribution is -0.117. The molecule has 0 aliphatic carbocycles. The van der Waals surface area contributed by atoms with Crippen LogP contribution in [0.15, 0.2) is 53.4 Å². The number of halogens is 1. The minimum Gasteiger partial charge on any atom is -0.324 e. The molecule has 0 unspecified atom stereocenters. The highest BCUT2D eigenvalue weighted by Crippen LogP contribution is 2.32. The standard InChI is InChI=1S/C18H17ClN2O2S/c1-12-10-17(22)20-15-4-2-3-5-16(15)21(12)18(23)11-24-14-8-6-13(19)7-9-14/h2-9,12H,10-11H2,1H3,(H,20,22)/t12-/m0/s1. The summed E-state index contributed by atoms with van der Waals surface area (Å²) in [6, 6.07) is 14.6. The molecule has 1 aliphatic rings. The molecule has 2 aromatic rings. The zero-order valence-corrected chi connectivity index (χ0v) is 14.7. The van der Waals surface area contributed by atoms with E-state index < -0.39 is 0 Å². The third-order valence-electron chi connectivity index (χ3n) is 3.80. The van der Waals surface area contributed by atoms with E-state index in [-0.39, 0.29) is 24.3 Å². The second-order valence-electron chi connectivity index (χ2n) is 5.62. The van der Waals surface area contributed by atoms with Gasteiger partial charge in [0.05, 0.1) is 17.1 Å². The number of hydrogen-bond donors (Lipinski definition) is 1. The SMILES string of the molecule is C[C@H]1CC(=O)Nc2ccccc2N1C(=O)CSc1ccc(Cl)cc1. The molecule has 2 aromatic carbocycles. The van der Waals surface area contributed by atoms with Gasteiger partial charge in [-0.3, -0.25) is 9.59 Å². The Morgan fingerprint density at radius 2 is 1.96 bits per heavy atom. The summed E-state index contributed by atoms with van der Waals surface area (Å²) in [5, 5.41) is 3.53. The van der Waals surface area contributed by atoms with Crippen molar-refractivity contribution in [2.24, 2.45) is 0 Å². The van der Waals surface area contributed by atoms with Crippen LogP contribution in [0.2, 0.25) is 5.02 Å². The maximum Gasteiger partial charge on any atom is 0.237 e. The summed E-state index contributed by atoms with van der Waals surface area (Å²) in [5.41, 5.74) is 1.43. The van der Waals surface area contributed by atoms with Crippen molar-refractivity contribution in [1.82, 2.24) is 0 Å². The molecular formula is C18H17ClN2O2S. The van der Waals surface area contributed by atoms with Gasteiger partial charge in [-0.15, -0.1) is 11.8 Å². The molecule has 0 spiro atoms. The van der Waals surface area contributed by atoms with E-state index in [1.54, 1.807) is 17.0 Å². The Morgan fingerprint density at radius 3 is 2.71 bits per heavy atom. The van der Waals surface area contributed by atoms with Gasteiger partial charge < -0.3 is 10.2 Å². The molecule has 0 saturated heterocycles. The van der Waals surface area contributed by atoms with Crippen LogP contribution < -0.4 is 10.2 Å². The Labute approximate surface area is 150 Å². The smallest absolute Gasteiger partial charge is 0.237 e. The van der Waals surface area contributed by atoms with E-state index in [0.29, 0.717) is 16.5 Å². The molecule has 1 N–H and O–H groups in total. The zero-order valence-electron chi connectivity index (χ0n) is 13.2. The van der Waals surface area contributed by atoms with Gasteiger partial charge in [0.1, 0.15) is 0 Å². The van der Waals surface area contributed by atoms with Crippen molar-refractivity contribution < 1.29 is 9.59 Å². The third kappa shape index (κ3) is 3.74. The highest BCUT2D eigenvalue weighted by Gasteiger charge is 2.29. The van der Waals surface area contributed by atoms with Crippen LogP contribution in [0, 0.1) is 0 Å². The van der Waals surface area contributed by atoms with Crippen LogP contribution in [0.25, 0.3) is 0 Å². The van der Waals surface area contributed by atoms with E-state index in [4.69, 9.17) is 11.6 Å². The number of anilines is 2. The average Bonchev–Trinajstić information content (AvgIpc) is 2.68. The van der Waals surface area contributed by atoms with E-state index in [9.17, 15) is 9.59 Å². The van der Waals surface area contributed by atoms with Crippen LogP contribution in [0.1, 0.15) is 13.3 Å².